The second-order valence-electron chi connectivity index (χ2n) is 6.69. The number of amides is 1. The summed E-state index contributed by atoms with van der Waals surface area (Å²) in [7, 11) is 0. The van der Waals surface area contributed by atoms with Gasteiger partial charge in [0, 0.05) is 24.1 Å². The average Bonchev–Trinajstić information content (AvgIpc) is 3.39. The molecule has 0 aliphatic heterocycles. The van der Waals surface area contributed by atoms with Gasteiger partial charge in [0.25, 0.3) is 0 Å². The van der Waals surface area contributed by atoms with E-state index in [4.69, 9.17) is 4.42 Å². The third-order valence-electron chi connectivity index (χ3n) is 4.49. The maximum absolute atomic E-state index is 14.1. The van der Waals surface area contributed by atoms with Gasteiger partial charge in [-0.25, -0.2) is 9.37 Å². The van der Waals surface area contributed by atoms with E-state index in [9.17, 15) is 9.18 Å². The van der Waals surface area contributed by atoms with Crippen molar-refractivity contribution >= 4 is 11.6 Å². The molecule has 1 amide bonds. The van der Waals surface area contributed by atoms with Gasteiger partial charge in [-0.1, -0.05) is 30.3 Å². The van der Waals surface area contributed by atoms with Crippen LogP contribution in [0.15, 0.2) is 59.1 Å². The standard InChI is InChI=1S/C21H19FN6O2/c1-14-25-26-27-28(14)18-12-16(10-11-17(18)22)24-20(29)8-5-9-21-23-13-19(30-21)15-6-3-2-4-7-15/h2-4,6-7,10-13H,5,8-9H2,1H3,(H,24,29). The smallest absolute Gasteiger partial charge is 0.224 e. The van der Waals surface area contributed by atoms with Gasteiger partial charge in [0.2, 0.25) is 5.91 Å². The van der Waals surface area contributed by atoms with Crippen LogP contribution in [-0.4, -0.2) is 31.1 Å². The molecule has 0 bridgehead atoms. The molecule has 0 aliphatic carbocycles. The van der Waals surface area contributed by atoms with E-state index in [2.05, 4.69) is 25.8 Å². The molecular formula is C21H19FN6O2. The Morgan fingerprint density at radius 3 is 2.80 bits per heavy atom. The van der Waals surface area contributed by atoms with Gasteiger partial charge in [0.15, 0.2) is 17.5 Å². The van der Waals surface area contributed by atoms with Crippen LogP contribution >= 0.6 is 0 Å². The molecular weight excluding hydrogens is 387 g/mol. The lowest BCUT2D eigenvalue weighted by molar-refractivity contribution is -0.116. The lowest BCUT2D eigenvalue weighted by atomic mass is 10.2. The summed E-state index contributed by atoms with van der Waals surface area (Å²) in [5, 5.41) is 13.8. The van der Waals surface area contributed by atoms with Crippen molar-refractivity contribution in [2.45, 2.75) is 26.2 Å². The molecule has 30 heavy (non-hydrogen) atoms. The Labute approximate surface area is 171 Å². The lowest BCUT2D eigenvalue weighted by Crippen LogP contribution is -2.12. The lowest BCUT2D eigenvalue weighted by Gasteiger charge is -2.08. The van der Waals surface area contributed by atoms with E-state index >= 15 is 0 Å². The number of oxazole rings is 1. The van der Waals surface area contributed by atoms with Crippen LogP contribution in [0.1, 0.15) is 24.6 Å². The molecule has 2 aromatic carbocycles. The Hall–Kier alpha value is -3.88. The normalized spacial score (nSPS) is 10.9. The highest BCUT2D eigenvalue weighted by Crippen LogP contribution is 2.21. The van der Waals surface area contributed by atoms with Crippen molar-refractivity contribution in [1.82, 2.24) is 25.2 Å². The molecule has 4 rings (SSSR count). The zero-order valence-electron chi connectivity index (χ0n) is 16.2. The molecule has 0 atom stereocenters. The van der Waals surface area contributed by atoms with Crippen LogP contribution in [0.25, 0.3) is 17.0 Å². The second kappa shape index (κ2) is 8.64. The van der Waals surface area contributed by atoms with E-state index in [1.165, 1.54) is 22.9 Å². The predicted molar refractivity (Wildman–Crippen MR) is 107 cm³/mol. The zero-order chi connectivity index (χ0) is 20.9. The molecule has 2 aromatic heterocycles. The van der Waals surface area contributed by atoms with Gasteiger partial charge in [-0.15, -0.1) is 5.10 Å². The number of aryl methyl sites for hydroxylation is 2. The predicted octanol–water partition coefficient (Wildman–Crippen LogP) is 3.73. The second-order valence-corrected chi connectivity index (χ2v) is 6.69. The summed E-state index contributed by atoms with van der Waals surface area (Å²) in [4.78, 5) is 16.5. The Morgan fingerprint density at radius 1 is 1.20 bits per heavy atom. The van der Waals surface area contributed by atoms with Gasteiger partial charge in [0.05, 0.1) is 6.20 Å². The molecule has 0 saturated heterocycles. The van der Waals surface area contributed by atoms with Gasteiger partial charge >= 0.3 is 0 Å². The molecule has 0 aliphatic rings. The zero-order valence-corrected chi connectivity index (χ0v) is 16.2. The van der Waals surface area contributed by atoms with Crippen molar-refractivity contribution in [3.8, 4) is 17.0 Å². The summed E-state index contributed by atoms with van der Waals surface area (Å²) < 4.78 is 21.1. The number of carbonyl (C=O) groups excluding carboxylic acids is 1. The van der Waals surface area contributed by atoms with Crippen LogP contribution < -0.4 is 5.32 Å². The number of hydrogen-bond acceptors (Lipinski definition) is 6. The summed E-state index contributed by atoms with van der Waals surface area (Å²) in [6.45, 7) is 1.66. The largest absolute Gasteiger partial charge is 0.441 e. The van der Waals surface area contributed by atoms with Crippen molar-refractivity contribution in [2.75, 3.05) is 5.32 Å². The number of nitrogens with zero attached hydrogens (tertiary/aromatic N) is 5. The Balaban J connectivity index is 1.33. The van der Waals surface area contributed by atoms with Crippen LogP contribution in [-0.2, 0) is 11.2 Å². The van der Waals surface area contributed by atoms with Crippen LogP contribution in [0.3, 0.4) is 0 Å². The maximum atomic E-state index is 14.1. The summed E-state index contributed by atoms with van der Waals surface area (Å²) in [6, 6.07) is 14.0. The number of halogens is 1. The number of hydrogen-bond donors (Lipinski definition) is 1. The van der Waals surface area contributed by atoms with Gasteiger partial charge in [-0.2, -0.15) is 4.68 Å². The van der Waals surface area contributed by atoms with Crippen molar-refractivity contribution in [3.05, 3.63) is 72.3 Å². The molecule has 0 spiro atoms. The fourth-order valence-electron chi connectivity index (χ4n) is 2.99. The minimum atomic E-state index is -0.485. The van der Waals surface area contributed by atoms with Crippen LogP contribution in [0.4, 0.5) is 10.1 Å². The first-order valence-electron chi connectivity index (χ1n) is 9.45. The average molecular weight is 406 g/mol. The Kier molecular flexibility index (Phi) is 5.60. The molecule has 2 heterocycles. The highest BCUT2D eigenvalue weighted by Gasteiger charge is 2.12. The van der Waals surface area contributed by atoms with Crippen molar-refractivity contribution in [2.24, 2.45) is 0 Å². The Bertz CT molecular complexity index is 1160. The van der Waals surface area contributed by atoms with Crippen LogP contribution in [0.5, 0.6) is 0 Å². The third kappa shape index (κ3) is 4.40. The van der Waals surface area contributed by atoms with Gasteiger partial charge in [-0.05, 0) is 42.0 Å². The highest BCUT2D eigenvalue weighted by molar-refractivity contribution is 5.90. The molecule has 0 saturated carbocycles. The van der Waals surface area contributed by atoms with E-state index < -0.39 is 5.82 Å². The SMILES string of the molecule is Cc1nnnn1-c1cc(NC(=O)CCCc2ncc(-c3ccccc3)o2)ccc1F. The third-order valence-corrected chi connectivity index (χ3v) is 4.49. The monoisotopic (exact) mass is 406 g/mol. The molecule has 0 unspecified atom stereocenters. The fourth-order valence-corrected chi connectivity index (χ4v) is 2.99. The molecule has 8 nitrogen and oxygen atoms in total. The first kappa shape index (κ1) is 19.4. The molecule has 0 fully saturated rings. The fraction of sp³-hybridized carbons (Fsp3) is 0.190. The van der Waals surface area contributed by atoms with Gasteiger partial charge in [0.1, 0.15) is 11.5 Å². The summed E-state index contributed by atoms with van der Waals surface area (Å²) in [5.74, 6) is 1.06. The molecule has 4 aromatic rings. The van der Waals surface area contributed by atoms with E-state index in [-0.39, 0.29) is 18.0 Å². The van der Waals surface area contributed by atoms with E-state index in [1.54, 1.807) is 13.1 Å². The number of rotatable bonds is 7. The molecule has 9 heteroatoms. The number of aromatic nitrogens is 5. The minimum absolute atomic E-state index is 0.170. The summed E-state index contributed by atoms with van der Waals surface area (Å²) >= 11 is 0. The molecule has 1 N–H and O–H groups in total. The van der Waals surface area contributed by atoms with E-state index in [1.807, 2.05) is 30.3 Å². The summed E-state index contributed by atoms with van der Waals surface area (Å²) in [6.07, 6.45) is 3.07. The van der Waals surface area contributed by atoms with Crippen molar-refractivity contribution < 1.29 is 13.6 Å². The number of carbonyl (C=O) groups is 1. The van der Waals surface area contributed by atoms with Gasteiger partial charge < -0.3 is 9.73 Å². The van der Waals surface area contributed by atoms with Crippen molar-refractivity contribution in [1.29, 1.82) is 0 Å². The highest BCUT2D eigenvalue weighted by atomic mass is 19.1. The first-order chi connectivity index (χ1) is 14.6. The first-order valence-corrected chi connectivity index (χ1v) is 9.45. The van der Waals surface area contributed by atoms with Gasteiger partial charge in [-0.3, -0.25) is 4.79 Å². The molecule has 152 valence electrons. The van der Waals surface area contributed by atoms with Crippen molar-refractivity contribution in [3.63, 3.8) is 0 Å². The van der Waals surface area contributed by atoms with E-state index in [0.29, 0.717) is 36.0 Å². The van der Waals surface area contributed by atoms with Crippen LogP contribution in [0, 0.1) is 12.7 Å². The summed E-state index contributed by atoms with van der Waals surface area (Å²) in [5.41, 5.74) is 1.59. The number of tetrazole rings is 1. The Morgan fingerprint density at radius 2 is 2.03 bits per heavy atom. The quantitative estimate of drug-likeness (QED) is 0.502. The number of benzene rings is 2. The topological polar surface area (TPSA) is 98.7 Å². The molecule has 0 radical (unpaired) electrons. The van der Waals surface area contributed by atoms with E-state index in [0.717, 1.165) is 5.56 Å². The van der Waals surface area contributed by atoms with Crippen LogP contribution in [0.2, 0.25) is 0 Å². The number of nitrogens with one attached hydrogen (secondary N) is 1. The number of anilines is 1. The minimum Gasteiger partial charge on any atom is -0.441 e. The maximum Gasteiger partial charge on any atom is 0.224 e.